The van der Waals surface area contributed by atoms with Crippen LogP contribution in [0.1, 0.15) is 29.0 Å². The SMILES string of the molecule is Cn1c(SCc2ccccc2F)nc(=O)c2c1NC(=O)CC2c1ccccc1. The van der Waals surface area contributed by atoms with Crippen LogP contribution >= 0.6 is 11.8 Å². The molecule has 5 nitrogen and oxygen atoms in total. The Balaban J connectivity index is 1.72. The number of anilines is 1. The Bertz CT molecular complexity index is 1100. The van der Waals surface area contributed by atoms with Gasteiger partial charge in [0.2, 0.25) is 5.91 Å². The van der Waals surface area contributed by atoms with Gasteiger partial charge < -0.3 is 9.88 Å². The molecule has 1 atom stereocenters. The number of halogens is 1. The third-order valence-electron chi connectivity index (χ3n) is 4.82. The fourth-order valence-corrected chi connectivity index (χ4v) is 4.34. The molecule has 2 heterocycles. The third-order valence-corrected chi connectivity index (χ3v) is 5.90. The average molecular weight is 395 g/mol. The van der Waals surface area contributed by atoms with Crippen molar-refractivity contribution in [2.45, 2.75) is 23.2 Å². The second kappa shape index (κ2) is 7.59. The minimum absolute atomic E-state index is 0.146. The first-order chi connectivity index (χ1) is 13.5. The van der Waals surface area contributed by atoms with Crippen LogP contribution in [0.15, 0.2) is 64.5 Å². The molecule has 0 spiro atoms. The molecule has 2 aromatic carbocycles. The normalized spacial score (nSPS) is 15.8. The van der Waals surface area contributed by atoms with E-state index in [9.17, 15) is 14.0 Å². The molecule has 1 unspecified atom stereocenters. The lowest BCUT2D eigenvalue weighted by Crippen LogP contribution is -2.33. The Labute approximate surface area is 165 Å². The van der Waals surface area contributed by atoms with Crippen molar-refractivity contribution in [1.82, 2.24) is 9.55 Å². The number of aromatic nitrogens is 2. The highest BCUT2D eigenvalue weighted by atomic mass is 32.2. The van der Waals surface area contributed by atoms with Gasteiger partial charge in [0.05, 0.1) is 5.56 Å². The number of carbonyl (C=O) groups excluding carboxylic acids is 1. The summed E-state index contributed by atoms with van der Waals surface area (Å²) < 4.78 is 15.6. The van der Waals surface area contributed by atoms with Crippen LogP contribution in [0.25, 0.3) is 0 Å². The Morgan fingerprint density at radius 1 is 1.14 bits per heavy atom. The van der Waals surface area contributed by atoms with Gasteiger partial charge in [0, 0.05) is 25.1 Å². The monoisotopic (exact) mass is 395 g/mol. The summed E-state index contributed by atoms with van der Waals surface area (Å²) in [7, 11) is 1.75. The molecule has 1 amide bonds. The molecule has 0 saturated carbocycles. The van der Waals surface area contributed by atoms with Gasteiger partial charge in [-0.25, -0.2) is 4.39 Å². The van der Waals surface area contributed by atoms with E-state index in [1.165, 1.54) is 17.8 Å². The van der Waals surface area contributed by atoms with E-state index in [2.05, 4.69) is 10.3 Å². The molecular formula is C21H18FN3O2S. The van der Waals surface area contributed by atoms with Crippen LogP contribution < -0.4 is 10.9 Å². The van der Waals surface area contributed by atoms with Crippen molar-refractivity contribution in [2.24, 2.45) is 7.05 Å². The molecule has 0 bridgehead atoms. The highest BCUT2D eigenvalue weighted by Gasteiger charge is 2.31. The van der Waals surface area contributed by atoms with Gasteiger partial charge in [0.25, 0.3) is 5.56 Å². The van der Waals surface area contributed by atoms with Crippen LogP contribution in [0.2, 0.25) is 0 Å². The fraction of sp³-hybridized carbons (Fsp3) is 0.190. The summed E-state index contributed by atoms with van der Waals surface area (Å²) in [6.45, 7) is 0. The van der Waals surface area contributed by atoms with Crippen molar-refractivity contribution >= 4 is 23.5 Å². The van der Waals surface area contributed by atoms with E-state index in [0.717, 1.165) is 5.56 Å². The Morgan fingerprint density at radius 2 is 1.86 bits per heavy atom. The van der Waals surface area contributed by atoms with Gasteiger partial charge in [-0.15, -0.1) is 0 Å². The molecule has 0 saturated heterocycles. The maximum Gasteiger partial charge on any atom is 0.279 e. The fourth-order valence-electron chi connectivity index (χ4n) is 3.39. The number of rotatable bonds is 4. The molecule has 1 aliphatic heterocycles. The molecule has 7 heteroatoms. The van der Waals surface area contributed by atoms with Crippen LogP contribution in [-0.4, -0.2) is 15.5 Å². The molecule has 0 radical (unpaired) electrons. The van der Waals surface area contributed by atoms with Crippen molar-refractivity contribution < 1.29 is 9.18 Å². The number of nitrogens with zero attached hydrogens (tertiary/aromatic N) is 2. The first kappa shape index (κ1) is 18.4. The van der Waals surface area contributed by atoms with E-state index in [1.807, 2.05) is 30.3 Å². The lowest BCUT2D eigenvalue weighted by Gasteiger charge is -2.27. The number of amides is 1. The summed E-state index contributed by atoms with van der Waals surface area (Å²) in [4.78, 5) is 29.4. The minimum Gasteiger partial charge on any atom is -0.312 e. The number of fused-ring (bicyclic) bond motifs is 1. The van der Waals surface area contributed by atoms with Crippen LogP contribution in [0.4, 0.5) is 10.2 Å². The van der Waals surface area contributed by atoms with Gasteiger partial charge in [-0.2, -0.15) is 4.98 Å². The van der Waals surface area contributed by atoms with E-state index in [-0.39, 0.29) is 29.6 Å². The molecular weight excluding hydrogens is 377 g/mol. The van der Waals surface area contributed by atoms with E-state index >= 15 is 0 Å². The maximum absolute atomic E-state index is 13.9. The van der Waals surface area contributed by atoms with E-state index < -0.39 is 0 Å². The number of carbonyl (C=O) groups is 1. The van der Waals surface area contributed by atoms with Crippen LogP contribution in [-0.2, 0) is 17.6 Å². The Morgan fingerprint density at radius 3 is 2.61 bits per heavy atom. The standard InChI is InChI=1S/C21H18FN3O2S/c1-25-19-18(15(11-17(26)23-19)13-7-3-2-4-8-13)20(27)24-21(25)28-12-14-9-5-6-10-16(14)22/h2-10,15H,11-12H2,1H3,(H,23,26). The molecule has 1 N–H and O–H groups in total. The highest BCUT2D eigenvalue weighted by molar-refractivity contribution is 7.98. The zero-order valence-corrected chi connectivity index (χ0v) is 16.0. The lowest BCUT2D eigenvalue weighted by molar-refractivity contribution is -0.116. The first-order valence-corrected chi connectivity index (χ1v) is 9.85. The molecule has 3 aromatic rings. The molecule has 0 aliphatic carbocycles. The second-order valence-electron chi connectivity index (χ2n) is 6.62. The smallest absolute Gasteiger partial charge is 0.279 e. The zero-order chi connectivity index (χ0) is 19.7. The second-order valence-corrected chi connectivity index (χ2v) is 7.56. The van der Waals surface area contributed by atoms with E-state index in [4.69, 9.17) is 0 Å². The summed E-state index contributed by atoms with van der Waals surface area (Å²) in [6, 6.07) is 16.0. The molecule has 142 valence electrons. The summed E-state index contributed by atoms with van der Waals surface area (Å²) in [6.07, 6.45) is 0.204. The zero-order valence-electron chi connectivity index (χ0n) is 15.2. The van der Waals surface area contributed by atoms with Crippen molar-refractivity contribution in [2.75, 3.05) is 5.32 Å². The highest BCUT2D eigenvalue weighted by Crippen LogP contribution is 2.36. The molecule has 4 rings (SSSR count). The Hall–Kier alpha value is -2.93. The molecule has 0 fully saturated rings. The number of thioether (sulfide) groups is 1. The number of hydrogen-bond acceptors (Lipinski definition) is 4. The van der Waals surface area contributed by atoms with Crippen molar-refractivity contribution in [1.29, 1.82) is 0 Å². The topological polar surface area (TPSA) is 64.0 Å². The predicted molar refractivity (Wildman–Crippen MR) is 107 cm³/mol. The third kappa shape index (κ3) is 3.45. The maximum atomic E-state index is 13.9. The van der Waals surface area contributed by atoms with Crippen LogP contribution in [0, 0.1) is 5.82 Å². The summed E-state index contributed by atoms with van der Waals surface area (Å²) in [5.41, 5.74) is 1.57. The van der Waals surface area contributed by atoms with Gasteiger partial charge in [0.1, 0.15) is 11.6 Å². The summed E-state index contributed by atoms with van der Waals surface area (Å²) in [5, 5.41) is 3.25. The minimum atomic E-state index is -0.363. The van der Waals surface area contributed by atoms with Crippen molar-refractivity contribution in [3.05, 3.63) is 87.5 Å². The summed E-state index contributed by atoms with van der Waals surface area (Å²) >= 11 is 1.26. The lowest BCUT2D eigenvalue weighted by atomic mass is 9.87. The van der Waals surface area contributed by atoms with Gasteiger partial charge in [-0.3, -0.25) is 9.59 Å². The van der Waals surface area contributed by atoms with Gasteiger partial charge in [-0.05, 0) is 17.2 Å². The van der Waals surface area contributed by atoms with Crippen molar-refractivity contribution in [3.8, 4) is 0 Å². The van der Waals surface area contributed by atoms with Gasteiger partial charge >= 0.3 is 0 Å². The number of benzene rings is 2. The molecule has 1 aliphatic rings. The van der Waals surface area contributed by atoms with Gasteiger partial charge in [0.15, 0.2) is 5.16 Å². The summed E-state index contributed by atoms with van der Waals surface area (Å²) in [5.74, 6) is 0.0212. The Kier molecular flexibility index (Phi) is 5.00. The molecule has 1 aromatic heterocycles. The van der Waals surface area contributed by atoms with E-state index in [1.54, 1.807) is 29.8 Å². The largest absolute Gasteiger partial charge is 0.312 e. The average Bonchev–Trinajstić information content (AvgIpc) is 2.70. The van der Waals surface area contributed by atoms with Gasteiger partial charge in [-0.1, -0.05) is 60.3 Å². The number of hydrogen-bond donors (Lipinski definition) is 1. The van der Waals surface area contributed by atoms with Crippen LogP contribution in [0.5, 0.6) is 0 Å². The van der Waals surface area contributed by atoms with Crippen molar-refractivity contribution in [3.63, 3.8) is 0 Å². The predicted octanol–water partition coefficient (Wildman–Crippen LogP) is 3.69. The van der Waals surface area contributed by atoms with E-state index in [0.29, 0.717) is 27.9 Å². The van der Waals surface area contributed by atoms with Crippen LogP contribution in [0.3, 0.4) is 0 Å². The number of nitrogens with one attached hydrogen (secondary N) is 1. The first-order valence-electron chi connectivity index (χ1n) is 8.86. The molecule has 28 heavy (non-hydrogen) atoms. The quantitative estimate of drug-likeness (QED) is 0.541.